The van der Waals surface area contributed by atoms with E-state index in [2.05, 4.69) is 30.7 Å². The first kappa shape index (κ1) is 22.3. The predicted octanol–water partition coefficient (Wildman–Crippen LogP) is 5.65. The molecule has 1 unspecified atom stereocenters. The van der Waals surface area contributed by atoms with E-state index < -0.39 is 17.6 Å². The molecule has 1 aliphatic heterocycles. The second kappa shape index (κ2) is 8.18. The van der Waals surface area contributed by atoms with Crippen molar-refractivity contribution < 1.29 is 17.6 Å². The minimum absolute atomic E-state index is 0.0516. The summed E-state index contributed by atoms with van der Waals surface area (Å²) >= 11 is 1.53. The number of aromatic nitrogens is 4. The lowest BCUT2D eigenvalue weighted by Gasteiger charge is -2.38. The number of piperidine rings is 1. The lowest BCUT2D eigenvalue weighted by molar-refractivity contribution is -0.137. The lowest BCUT2D eigenvalue weighted by Crippen LogP contribution is -2.48. The number of nitrogens with one attached hydrogen (secondary N) is 1. The summed E-state index contributed by atoms with van der Waals surface area (Å²) in [6, 6.07) is 8.22. The summed E-state index contributed by atoms with van der Waals surface area (Å²) in [6.45, 7) is 3.87. The highest BCUT2D eigenvalue weighted by molar-refractivity contribution is 7.10. The van der Waals surface area contributed by atoms with Crippen molar-refractivity contribution in [2.24, 2.45) is 11.8 Å². The molecule has 1 saturated heterocycles. The molecule has 4 heterocycles. The number of anilines is 2. The fourth-order valence-electron chi connectivity index (χ4n) is 5.37. The zero-order valence-corrected chi connectivity index (χ0v) is 19.6. The summed E-state index contributed by atoms with van der Waals surface area (Å²) in [7, 11) is 0. The molecule has 11 heteroatoms. The van der Waals surface area contributed by atoms with Crippen LogP contribution in [0.1, 0.15) is 24.1 Å². The Bertz CT molecular complexity index is 1380. The van der Waals surface area contributed by atoms with E-state index in [-0.39, 0.29) is 11.6 Å². The number of rotatable bonds is 4. The van der Waals surface area contributed by atoms with Gasteiger partial charge in [0.2, 0.25) is 5.95 Å². The molecule has 2 fully saturated rings. The van der Waals surface area contributed by atoms with Crippen LogP contribution in [0.4, 0.5) is 28.5 Å². The van der Waals surface area contributed by atoms with E-state index in [0.29, 0.717) is 35.1 Å². The van der Waals surface area contributed by atoms with Crippen molar-refractivity contribution in [3.63, 3.8) is 0 Å². The molecule has 2 bridgehead atoms. The van der Waals surface area contributed by atoms with Crippen molar-refractivity contribution in [3.8, 4) is 11.1 Å². The number of hydrogen-bond acceptors (Lipinski definition) is 6. The smallest absolute Gasteiger partial charge is 0.361 e. The highest BCUT2D eigenvalue weighted by atomic mass is 32.1. The summed E-state index contributed by atoms with van der Waals surface area (Å²) in [4.78, 5) is 7.01. The quantitative estimate of drug-likeness (QED) is 0.366. The van der Waals surface area contributed by atoms with E-state index in [1.807, 2.05) is 6.92 Å². The van der Waals surface area contributed by atoms with E-state index in [0.717, 1.165) is 43.8 Å². The average Bonchev–Trinajstić information content (AvgIpc) is 3.48. The van der Waals surface area contributed by atoms with E-state index >= 15 is 0 Å². The molecule has 182 valence electrons. The molecule has 6 rings (SSSR count). The van der Waals surface area contributed by atoms with Crippen LogP contribution in [0.15, 0.2) is 42.6 Å². The monoisotopic (exact) mass is 502 g/mol. The fraction of sp³-hybridized carbons (Fsp3) is 0.375. The molecule has 0 spiro atoms. The van der Waals surface area contributed by atoms with Crippen molar-refractivity contribution in [1.82, 2.24) is 19.0 Å². The van der Waals surface area contributed by atoms with Gasteiger partial charge in [0.25, 0.3) is 0 Å². The molecule has 3 atom stereocenters. The molecule has 3 aromatic heterocycles. The second-order valence-electron chi connectivity index (χ2n) is 9.30. The molecule has 0 radical (unpaired) electrons. The Morgan fingerprint density at radius 1 is 1.06 bits per heavy atom. The van der Waals surface area contributed by atoms with E-state index in [1.165, 1.54) is 21.0 Å². The Balaban J connectivity index is 1.26. The normalized spacial score (nSPS) is 22.2. The van der Waals surface area contributed by atoms with Gasteiger partial charge in [-0.1, -0.05) is 6.07 Å². The number of nitrogens with zero attached hydrogens (tertiary/aromatic N) is 5. The number of alkyl halides is 3. The molecule has 1 aromatic carbocycles. The summed E-state index contributed by atoms with van der Waals surface area (Å²) < 4.78 is 59.5. The van der Waals surface area contributed by atoms with Gasteiger partial charge in [-0.2, -0.15) is 22.5 Å². The SMILES string of the molecule is Cc1cc(N2C[C@H]3CC[C@@H](C2)C3Nc2nc3c(-c4ccc(C(F)(F)F)cc4F)cccn3n2)sn1. The number of fused-ring (bicyclic) bond motifs is 3. The number of benzene rings is 1. The van der Waals surface area contributed by atoms with Crippen molar-refractivity contribution in [2.45, 2.75) is 32.0 Å². The van der Waals surface area contributed by atoms with Gasteiger partial charge in [-0.15, -0.1) is 5.10 Å². The van der Waals surface area contributed by atoms with Crippen LogP contribution in [-0.2, 0) is 6.18 Å². The van der Waals surface area contributed by atoms with Crippen molar-refractivity contribution in [3.05, 3.63) is 59.7 Å². The van der Waals surface area contributed by atoms with Gasteiger partial charge < -0.3 is 10.2 Å². The Kier molecular flexibility index (Phi) is 5.21. The zero-order chi connectivity index (χ0) is 24.3. The predicted molar refractivity (Wildman–Crippen MR) is 126 cm³/mol. The van der Waals surface area contributed by atoms with E-state index in [4.69, 9.17) is 0 Å². The van der Waals surface area contributed by atoms with Crippen molar-refractivity contribution in [1.29, 1.82) is 0 Å². The fourth-order valence-corrected chi connectivity index (χ4v) is 6.15. The minimum atomic E-state index is -4.61. The first-order valence-electron chi connectivity index (χ1n) is 11.4. The van der Waals surface area contributed by atoms with Crippen LogP contribution < -0.4 is 10.2 Å². The largest absolute Gasteiger partial charge is 0.416 e. The average molecular weight is 503 g/mol. The minimum Gasteiger partial charge on any atom is -0.361 e. The van der Waals surface area contributed by atoms with Gasteiger partial charge in [-0.3, -0.25) is 0 Å². The Labute approximate surface area is 202 Å². The van der Waals surface area contributed by atoms with Crippen LogP contribution >= 0.6 is 11.5 Å². The molecular formula is C24H22F4N6S. The van der Waals surface area contributed by atoms with Crippen LogP contribution in [0.2, 0.25) is 0 Å². The number of pyridine rings is 1. The number of hydrogen-bond donors (Lipinski definition) is 1. The second-order valence-corrected chi connectivity index (χ2v) is 10.1. The highest BCUT2D eigenvalue weighted by Gasteiger charge is 2.43. The molecule has 1 N–H and O–H groups in total. The molecule has 2 aliphatic rings. The molecule has 4 aromatic rings. The van der Waals surface area contributed by atoms with Gasteiger partial charge in [0.15, 0.2) is 5.65 Å². The Morgan fingerprint density at radius 2 is 1.83 bits per heavy atom. The van der Waals surface area contributed by atoms with Crippen molar-refractivity contribution in [2.75, 3.05) is 23.3 Å². The maximum atomic E-state index is 14.7. The lowest BCUT2D eigenvalue weighted by atomic mass is 9.92. The van der Waals surface area contributed by atoms with Crippen LogP contribution in [0.3, 0.4) is 0 Å². The maximum absolute atomic E-state index is 14.7. The first-order valence-corrected chi connectivity index (χ1v) is 12.2. The molecule has 35 heavy (non-hydrogen) atoms. The summed E-state index contributed by atoms with van der Waals surface area (Å²) in [5, 5.41) is 9.24. The molecule has 1 aliphatic carbocycles. The summed E-state index contributed by atoms with van der Waals surface area (Å²) in [5.74, 6) is 0.368. The Hall–Kier alpha value is -3.21. The van der Waals surface area contributed by atoms with Gasteiger partial charge in [-0.25, -0.2) is 8.91 Å². The van der Waals surface area contributed by atoms with Gasteiger partial charge in [0.05, 0.1) is 11.3 Å². The van der Waals surface area contributed by atoms with Crippen LogP contribution in [0.25, 0.3) is 16.8 Å². The standard InChI is InChI=1S/C24H22F4N6S/c1-13-9-20(35-32-13)33-11-14-4-5-15(12-33)21(14)29-23-30-22-18(3-2-8-34(22)31-23)17-7-6-16(10-19(17)25)24(26,27)28/h2-3,6-10,14-15,21H,4-5,11-12H2,1H3,(H,29,31)/t14-,15+,21?. The third kappa shape index (κ3) is 4.01. The molecule has 6 nitrogen and oxygen atoms in total. The zero-order valence-electron chi connectivity index (χ0n) is 18.8. The van der Waals surface area contributed by atoms with Crippen LogP contribution in [0.5, 0.6) is 0 Å². The number of aryl methyl sites for hydroxylation is 1. The van der Waals surface area contributed by atoms with E-state index in [9.17, 15) is 17.6 Å². The topological polar surface area (TPSA) is 58.4 Å². The highest BCUT2D eigenvalue weighted by Crippen LogP contribution is 2.41. The summed E-state index contributed by atoms with van der Waals surface area (Å²) in [5.41, 5.74) is 0.837. The van der Waals surface area contributed by atoms with Gasteiger partial charge in [-0.05, 0) is 73.5 Å². The summed E-state index contributed by atoms with van der Waals surface area (Å²) in [6.07, 6.45) is -0.675. The maximum Gasteiger partial charge on any atom is 0.416 e. The third-order valence-electron chi connectivity index (χ3n) is 7.01. The van der Waals surface area contributed by atoms with Crippen molar-refractivity contribution >= 4 is 28.1 Å². The first-order chi connectivity index (χ1) is 16.8. The third-order valence-corrected chi connectivity index (χ3v) is 7.95. The molecular weight excluding hydrogens is 480 g/mol. The Morgan fingerprint density at radius 3 is 2.49 bits per heavy atom. The van der Waals surface area contributed by atoms with Gasteiger partial charge in [0.1, 0.15) is 10.8 Å². The van der Waals surface area contributed by atoms with Gasteiger partial charge in [0, 0.05) is 36.5 Å². The number of halogens is 4. The van der Waals surface area contributed by atoms with Gasteiger partial charge >= 0.3 is 6.18 Å². The van der Waals surface area contributed by atoms with Crippen LogP contribution in [0, 0.1) is 24.6 Å². The van der Waals surface area contributed by atoms with Crippen LogP contribution in [-0.4, -0.2) is 38.1 Å². The van der Waals surface area contributed by atoms with E-state index in [1.54, 1.807) is 18.3 Å². The molecule has 1 saturated carbocycles. The molecule has 0 amide bonds.